The average Bonchev–Trinajstić information content (AvgIpc) is 3.98. The Balaban J connectivity index is 0.000000174. The van der Waals surface area contributed by atoms with Crippen molar-refractivity contribution in [1.29, 1.82) is 0 Å². The zero-order valence-corrected chi connectivity index (χ0v) is 27.1. The fourth-order valence-electron chi connectivity index (χ4n) is 6.90. The van der Waals surface area contributed by atoms with Crippen LogP contribution in [0.15, 0.2) is 109 Å². The number of nitrogens with two attached hydrogens (primary N) is 1. The minimum absolute atomic E-state index is 0.298. The normalized spacial score (nSPS) is 15.2. The number of nitrogen functional groups attached to an aromatic ring is 1. The number of ether oxygens (including phenoxy) is 1. The number of benzene rings is 4. The Bertz CT molecular complexity index is 1850. The van der Waals surface area contributed by atoms with Crippen LogP contribution in [0.3, 0.4) is 0 Å². The smallest absolute Gasteiger partial charge is 0.339 e. The molecule has 3 aliphatic rings. The largest absolute Gasteiger partial charge is 0.465 e. The van der Waals surface area contributed by atoms with Crippen molar-refractivity contribution in [2.24, 2.45) is 0 Å². The molecule has 0 atom stereocenters. The van der Waals surface area contributed by atoms with Gasteiger partial charge in [-0.15, -0.1) is 0 Å². The Hall–Kier alpha value is -5.10. The second-order valence-corrected chi connectivity index (χ2v) is 12.7. The van der Waals surface area contributed by atoms with Crippen LogP contribution >= 0.6 is 0 Å². The number of nitrogens with zero attached hydrogens (tertiary/aromatic N) is 3. The number of hydrogen-bond donors (Lipinski definition) is 1. The van der Waals surface area contributed by atoms with E-state index in [1.54, 1.807) is 0 Å². The Morgan fingerprint density at radius 1 is 0.787 bits per heavy atom. The quantitative estimate of drug-likeness (QED) is 0.151. The van der Waals surface area contributed by atoms with Gasteiger partial charge >= 0.3 is 5.97 Å². The molecule has 4 aromatic carbocycles. The van der Waals surface area contributed by atoms with Gasteiger partial charge < -0.3 is 20.3 Å². The number of fused-ring (bicyclic) bond motifs is 2. The van der Waals surface area contributed by atoms with Gasteiger partial charge in [0.25, 0.3) is 0 Å². The number of aromatic nitrogens is 1. The van der Waals surface area contributed by atoms with Crippen molar-refractivity contribution in [1.82, 2.24) is 4.98 Å². The van der Waals surface area contributed by atoms with E-state index in [1.807, 2.05) is 18.3 Å². The lowest BCUT2D eigenvalue weighted by atomic mass is 9.95. The summed E-state index contributed by atoms with van der Waals surface area (Å²) in [5, 5.41) is 0. The van der Waals surface area contributed by atoms with E-state index in [4.69, 9.17) is 10.5 Å². The van der Waals surface area contributed by atoms with Gasteiger partial charge in [-0.3, -0.25) is 4.98 Å². The molecule has 0 unspecified atom stereocenters. The number of carbonyl (C=O) groups is 1. The fourth-order valence-corrected chi connectivity index (χ4v) is 6.90. The highest BCUT2D eigenvalue weighted by Crippen LogP contribution is 2.40. The number of hydrogen-bond acceptors (Lipinski definition) is 6. The monoisotopic (exact) mass is 622 g/mol. The number of rotatable bonds is 6. The summed E-state index contributed by atoms with van der Waals surface area (Å²) in [5.74, 6) is 0.260. The van der Waals surface area contributed by atoms with Gasteiger partial charge in [-0.2, -0.15) is 0 Å². The summed E-state index contributed by atoms with van der Waals surface area (Å²) < 4.78 is 5.04. The van der Waals surface area contributed by atoms with Crippen LogP contribution in [0.1, 0.15) is 69.9 Å². The summed E-state index contributed by atoms with van der Waals surface area (Å²) in [7, 11) is 1.44. The molecule has 1 saturated carbocycles. The number of carbonyl (C=O) groups excluding carboxylic acids is 1. The van der Waals surface area contributed by atoms with Crippen LogP contribution in [-0.2, 0) is 24.0 Å². The lowest BCUT2D eigenvalue weighted by Crippen LogP contribution is -2.24. The molecule has 238 valence electrons. The van der Waals surface area contributed by atoms with E-state index in [0.717, 1.165) is 49.3 Å². The summed E-state index contributed by atoms with van der Waals surface area (Å²) in [6, 6.07) is 36.0. The maximum atomic E-state index is 12.4. The standard InChI is InChI=1S/C26H26N2O2.C15H16N2/c1-30-26(29)23-16-21(19-10-11-19)17-27-24(23)15-18-9-12-25-20(14-18)6-5-13-28(25)22-7-3-2-4-8-22;16-13-8-9-15-12(11-13)5-4-10-17(15)14-6-2-1-3-7-14/h2-4,7-9,12,14,16-17,19H,5-6,10-11,13,15H2,1H3;1-3,6-9,11H,4-5,10,16H2. The second kappa shape index (κ2) is 13.7. The highest BCUT2D eigenvalue weighted by Gasteiger charge is 2.26. The predicted octanol–water partition coefficient (Wildman–Crippen LogP) is 8.77. The van der Waals surface area contributed by atoms with Gasteiger partial charge in [0.05, 0.1) is 18.4 Å². The van der Waals surface area contributed by atoms with E-state index in [9.17, 15) is 4.79 Å². The van der Waals surface area contributed by atoms with Gasteiger partial charge in [0.1, 0.15) is 0 Å². The third-order valence-corrected chi connectivity index (χ3v) is 9.44. The molecule has 47 heavy (non-hydrogen) atoms. The van der Waals surface area contributed by atoms with Crippen LogP contribution in [0.5, 0.6) is 0 Å². The van der Waals surface area contributed by atoms with E-state index >= 15 is 0 Å². The fraction of sp³-hybridized carbons (Fsp3) is 0.268. The first-order valence-electron chi connectivity index (χ1n) is 16.8. The van der Waals surface area contributed by atoms with Crippen molar-refractivity contribution >= 4 is 34.4 Å². The molecule has 0 saturated heterocycles. The summed E-state index contributed by atoms with van der Waals surface area (Å²) >= 11 is 0. The molecule has 1 aromatic heterocycles. The zero-order valence-electron chi connectivity index (χ0n) is 27.1. The van der Waals surface area contributed by atoms with E-state index < -0.39 is 0 Å². The summed E-state index contributed by atoms with van der Waals surface area (Å²) in [5.41, 5.74) is 18.2. The molecule has 1 fully saturated rings. The maximum absolute atomic E-state index is 12.4. The molecule has 6 nitrogen and oxygen atoms in total. The molecule has 8 rings (SSSR count). The predicted molar refractivity (Wildman–Crippen MR) is 191 cm³/mol. The SMILES string of the molecule is COC(=O)c1cc(C2CC2)cnc1Cc1ccc2c(c1)CCCN2c1ccccc1.Nc1ccc2c(c1)CCCN2c1ccccc1. The number of para-hydroxylation sites is 2. The van der Waals surface area contributed by atoms with E-state index in [-0.39, 0.29) is 5.97 Å². The van der Waals surface area contributed by atoms with E-state index in [1.165, 1.54) is 65.8 Å². The van der Waals surface area contributed by atoms with Crippen molar-refractivity contribution in [3.63, 3.8) is 0 Å². The first kappa shape index (κ1) is 30.5. The van der Waals surface area contributed by atoms with Crippen LogP contribution in [-0.4, -0.2) is 31.2 Å². The van der Waals surface area contributed by atoms with Gasteiger partial charge in [-0.25, -0.2) is 4.79 Å². The highest BCUT2D eigenvalue weighted by molar-refractivity contribution is 5.91. The average molecular weight is 623 g/mol. The first-order valence-corrected chi connectivity index (χ1v) is 16.8. The molecule has 0 bridgehead atoms. The molecule has 6 heteroatoms. The summed E-state index contributed by atoms with van der Waals surface area (Å²) in [4.78, 5) is 21.8. The Labute approximate surface area is 277 Å². The number of pyridine rings is 1. The minimum Gasteiger partial charge on any atom is -0.465 e. The van der Waals surface area contributed by atoms with Crippen molar-refractivity contribution in [3.05, 3.63) is 143 Å². The van der Waals surface area contributed by atoms with Crippen LogP contribution in [0.4, 0.5) is 28.4 Å². The molecular formula is C41H42N4O2. The van der Waals surface area contributed by atoms with E-state index in [0.29, 0.717) is 17.9 Å². The highest BCUT2D eigenvalue weighted by atomic mass is 16.5. The Kier molecular flexibility index (Phi) is 8.92. The van der Waals surface area contributed by atoms with Crippen LogP contribution in [0.25, 0.3) is 0 Å². The molecule has 0 radical (unpaired) electrons. The van der Waals surface area contributed by atoms with Gasteiger partial charge in [0.15, 0.2) is 0 Å². The number of aryl methyl sites for hydroxylation is 2. The van der Waals surface area contributed by atoms with Gasteiger partial charge in [-0.05, 0) is 121 Å². The first-order chi connectivity index (χ1) is 23.1. The topological polar surface area (TPSA) is 71.7 Å². The lowest BCUT2D eigenvalue weighted by molar-refractivity contribution is 0.0599. The second-order valence-electron chi connectivity index (χ2n) is 12.7. The Morgan fingerprint density at radius 2 is 1.38 bits per heavy atom. The number of methoxy groups -OCH3 is 1. The van der Waals surface area contributed by atoms with Gasteiger partial charge in [0.2, 0.25) is 0 Å². The molecule has 0 spiro atoms. The number of esters is 1. The van der Waals surface area contributed by atoms with Gasteiger partial charge in [-0.1, -0.05) is 48.5 Å². The lowest BCUT2D eigenvalue weighted by Gasteiger charge is -2.31. The van der Waals surface area contributed by atoms with Crippen LogP contribution < -0.4 is 15.5 Å². The third kappa shape index (κ3) is 6.87. The molecule has 1 aliphatic carbocycles. The third-order valence-electron chi connectivity index (χ3n) is 9.44. The van der Waals surface area contributed by atoms with Crippen LogP contribution in [0, 0.1) is 0 Å². The van der Waals surface area contributed by atoms with Crippen molar-refractivity contribution in [3.8, 4) is 0 Å². The van der Waals surface area contributed by atoms with Crippen LogP contribution in [0.2, 0.25) is 0 Å². The van der Waals surface area contributed by atoms with Crippen molar-refractivity contribution in [2.45, 2.75) is 50.9 Å². The summed E-state index contributed by atoms with van der Waals surface area (Å²) in [6.45, 7) is 2.12. The molecule has 3 heterocycles. The molecule has 2 N–H and O–H groups in total. The van der Waals surface area contributed by atoms with E-state index in [2.05, 4.69) is 106 Å². The maximum Gasteiger partial charge on any atom is 0.339 e. The molecule has 5 aromatic rings. The Morgan fingerprint density at radius 3 is 1.98 bits per heavy atom. The number of anilines is 5. The van der Waals surface area contributed by atoms with Crippen molar-refractivity contribution < 1.29 is 9.53 Å². The molecule has 0 amide bonds. The molecular weight excluding hydrogens is 580 g/mol. The van der Waals surface area contributed by atoms with Crippen molar-refractivity contribution in [2.75, 3.05) is 35.7 Å². The molecule has 2 aliphatic heterocycles. The summed E-state index contributed by atoms with van der Waals surface area (Å²) in [6.07, 6.45) is 9.46. The zero-order chi connectivity index (χ0) is 32.2. The minimum atomic E-state index is -0.298. The van der Waals surface area contributed by atoms with Gasteiger partial charge in [0, 0.05) is 54.1 Å².